The third-order valence-electron chi connectivity index (χ3n) is 3.18. The van der Waals surface area contributed by atoms with Crippen LogP contribution in [0.5, 0.6) is 0 Å². The van der Waals surface area contributed by atoms with E-state index in [9.17, 15) is 9.59 Å². The quantitative estimate of drug-likeness (QED) is 0.795. The number of amides is 3. The second-order valence-electron chi connectivity index (χ2n) is 6.21. The van der Waals surface area contributed by atoms with Crippen LogP contribution in [-0.4, -0.2) is 25.5 Å². The maximum Gasteiger partial charge on any atom is 0.314 e. The molecule has 0 saturated carbocycles. The van der Waals surface area contributed by atoms with Gasteiger partial charge in [-0.3, -0.25) is 4.79 Å². The normalized spacial score (nSPS) is 12.4. The zero-order valence-electron chi connectivity index (χ0n) is 13.4. The van der Waals surface area contributed by atoms with Crippen molar-refractivity contribution in [3.05, 3.63) is 35.4 Å². The minimum atomic E-state index is -0.368. The maximum atomic E-state index is 12.0. The van der Waals surface area contributed by atoms with Crippen LogP contribution in [-0.2, 0) is 4.79 Å². The lowest BCUT2D eigenvalue weighted by Gasteiger charge is -2.32. The van der Waals surface area contributed by atoms with Crippen LogP contribution in [0.3, 0.4) is 0 Å². The van der Waals surface area contributed by atoms with Crippen LogP contribution in [0, 0.1) is 12.3 Å². The van der Waals surface area contributed by atoms with Crippen LogP contribution in [0.25, 0.3) is 0 Å². The lowest BCUT2D eigenvalue weighted by Crippen LogP contribution is -2.44. The molecule has 5 heteroatoms. The topological polar surface area (TPSA) is 70.2 Å². The summed E-state index contributed by atoms with van der Waals surface area (Å²) in [6, 6.07) is 7.61. The van der Waals surface area contributed by atoms with Crippen LogP contribution < -0.4 is 16.0 Å². The summed E-state index contributed by atoms with van der Waals surface area (Å²) in [6.45, 7) is 8.21. The highest BCUT2D eigenvalue weighted by Gasteiger charge is 2.27. The van der Waals surface area contributed by atoms with Crippen molar-refractivity contribution < 1.29 is 9.59 Å². The molecule has 0 saturated heterocycles. The van der Waals surface area contributed by atoms with E-state index in [1.807, 2.05) is 25.1 Å². The number of urea groups is 1. The Hall–Kier alpha value is -2.04. The molecule has 0 fully saturated rings. The van der Waals surface area contributed by atoms with E-state index >= 15 is 0 Å². The van der Waals surface area contributed by atoms with Crippen molar-refractivity contribution in [2.45, 2.75) is 33.7 Å². The fourth-order valence-electron chi connectivity index (χ4n) is 2.11. The average molecular weight is 291 g/mol. The molecular formula is C16H25N3O2. The summed E-state index contributed by atoms with van der Waals surface area (Å²) in [7, 11) is 1.51. The van der Waals surface area contributed by atoms with E-state index in [-0.39, 0.29) is 29.9 Å². The number of hydrogen-bond acceptors (Lipinski definition) is 2. The maximum absolute atomic E-state index is 12.0. The van der Waals surface area contributed by atoms with E-state index < -0.39 is 0 Å². The first-order valence-corrected chi connectivity index (χ1v) is 7.05. The van der Waals surface area contributed by atoms with E-state index in [0.717, 1.165) is 11.1 Å². The smallest absolute Gasteiger partial charge is 0.314 e. The summed E-state index contributed by atoms with van der Waals surface area (Å²) in [5.74, 6) is -0.208. The van der Waals surface area contributed by atoms with Gasteiger partial charge in [0.2, 0.25) is 5.91 Å². The lowest BCUT2D eigenvalue weighted by molar-refractivity contribution is -0.121. The molecule has 1 aromatic carbocycles. The summed E-state index contributed by atoms with van der Waals surface area (Å²) < 4.78 is 0. The molecule has 0 spiro atoms. The standard InChI is InChI=1S/C16H25N3O2/c1-11-7-6-8-12(9-11)14(16(2,3)4)19-13(20)10-18-15(21)17-5/h6-9,14H,10H2,1-5H3,(H,19,20)(H2,17,18,21)/t14-/m0/s1. The number of carbonyl (C=O) groups excluding carboxylic acids is 2. The van der Waals surface area contributed by atoms with Gasteiger partial charge < -0.3 is 16.0 Å². The summed E-state index contributed by atoms with van der Waals surface area (Å²) >= 11 is 0. The van der Waals surface area contributed by atoms with Crippen molar-refractivity contribution in [2.75, 3.05) is 13.6 Å². The minimum Gasteiger partial charge on any atom is -0.347 e. The van der Waals surface area contributed by atoms with Crippen molar-refractivity contribution in [1.29, 1.82) is 0 Å². The van der Waals surface area contributed by atoms with E-state index in [0.29, 0.717) is 0 Å². The van der Waals surface area contributed by atoms with Crippen molar-refractivity contribution in [3.63, 3.8) is 0 Å². The van der Waals surface area contributed by atoms with Crippen molar-refractivity contribution in [1.82, 2.24) is 16.0 Å². The average Bonchev–Trinajstić information content (AvgIpc) is 2.40. The molecule has 0 aliphatic rings. The Morgan fingerprint density at radius 3 is 2.43 bits per heavy atom. The Balaban J connectivity index is 2.81. The monoisotopic (exact) mass is 291 g/mol. The SMILES string of the molecule is CNC(=O)NCC(=O)N[C@@H](c1cccc(C)c1)C(C)(C)C. The Morgan fingerprint density at radius 2 is 1.90 bits per heavy atom. The molecule has 0 aliphatic heterocycles. The molecule has 0 bridgehead atoms. The second-order valence-corrected chi connectivity index (χ2v) is 6.21. The zero-order valence-corrected chi connectivity index (χ0v) is 13.4. The minimum absolute atomic E-state index is 0.0436. The third-order valence-corrected chi connectivity index (χ3v) is 3.18. The Morgan fingerprint density at radius 1 is 1.24 bits per heavy atom. The molecule has 1 rings (SSSR count). The number of nitrogens with one attached hydrogen (secondary N) is 3. The van der Waals surface area contributed by atoms with Crippen LogP contribution in [0.1, 0.15) is 37.9 Å². The molecule has 3 N–H and O–H groups in total. The number of carbonyl (C=O) groups is 2. The van der Waals surface area contributed by atoms with E-state index in [1.54, 1.807) is 0 Å². The van der Waals surface area contributed by atoms with E-state index in [1.165, 1.54) is 7.05 Å². The molecule has 0 aliphatic carbocycles. The fourth-order valence-corrected chi connectivity index (χ4v) is 2.11. The molecule has 5 nitrogen and oxygen atoms in total. The largest absolute Gasteiger partial charge is 0.347 e. The fraction of sp³-hybridized carbons (Fsp3) is 0.500. The van der Waals surface area contributed by atoms with Crippen molar-refractivity contribution >= 4 is 11.9 Å². The molecule has 1 aromatic rings. The first-order valence-electron chi connectivity index (χ1n) is 7.05. The van der Waals surface area contributed by atoms with Crippen molar-refractivity contribution in [2.24, 2.45) is 5.41 Å². The molecule has 0 unspecified atom stereocenters. The van der Waals surface area contributed by atoms with Crippen LogP contribution in [0.4, 0.5) is 4.79 Å². The first-order chi connectivity index (χ1) is 9.74. The number of benzene rings is 1. The van der Waals surface area contributed by atoms with Gasteiger partial charge >= 0.3 is 6.03 Å². The number of rotatable bonds is 4. The van der Waals surface area contributed by atoms with Gasteiger partial charge in [-0.05, 0) is 17.9 Å². The first kappa shape index (κ1) is 17.0. The highest BCUT2D eigenvalue weighted by molar-refractivity contribution is 5.84. The highest BCUT2D eigenvalue weighted by atomic mass is 16.2. The molecule has 21 heavy (non-hydrogen) atoms. The number of hydrogen-bond donors (Lipinski definition) is 3. The molecule has 0 aromatic heterocycles. The highest BCUT2D eigenvalue weighted by Crippen LogP contribution is 2.32. The Kier molecular flexibility index (Phi) is 5.76. The molecule has 3 amide bonds. The van der Waals surface area contributed by atoms with Crippen molar-refractivity contribution in [3.8, 4) is 0 Å². The van der Waals surface area contributed by atoms with Gasteiger partial charge in [-0.15, -0.1) is 0 Å². The predicted octanol–water partition coefficient (Wildman–Crippen LogP) is 2.13. The van der Waals surface area contributed by atoms with Crippen LogP contribution in [0.2, 0.25) is 0 Å². The van der Waals surface area contributed by atoms with Gasteiger partial charge in [0, 0.05) is 7.05 Å². The summed E-state index contributed by atoms with van der Waals surface area (Å²) in [4.78, 5) is 23.1. The Bertz CT molecular complexity index is 506. The molecule has 116 valence electrons. The molecule has 0 radical (unpaired) electrons. The van der Waals surface area contributed by atoms with E-state index in [2.05, 4.69) is 42.8 Å². The van der Waals surface area contributed by atoms with Crippen LogP contribution >= 0.6 is 0 Å². The second kappa shape index (κ2) is 7.11. The third kappa shape index (κ3) is 5.45. The van der Waals surface area contributed by atoms with Gasteiger partial charge in [0.1, 0.15) is 0 Å². The molecule has 1 atom stereocenters. The van der Waals surface area contributed by atoms with E-state index in [4.69, 9.17) is 0 Å². The summed E-state index contributed by atoms with van der Waals surface area (Å²) in [5, 5.41) is 7.90. The number of aryl methyl sites for hydroxylation is 1. The molecule has 0 heterocycles. The summed E-state index contributed by atoms with van der Waals surface area (Å²) in [5.41, 5.74) is 2.09. The van der Waals surface area contributed by atoms with Gasteiger partial charge in [0.15, 0.2) is 0 Å². The Labute approximate surface area is 126 Å². The van der Waals surface area contributed by atoms with Gasteiger partial charge in [0.25, 0.3) is 0 Å². The van der Waals surface area contributed by atoms with Gasteiger partial charge in [-0.2, -0.15) is 0 Å². The van der Waals surface area contributed by atoms with Crippen LogP contribution in [0.15, 0.2) is 24.3 Å². The summed E-state index contributed by atoms with van der Waals surface area (Å²) in [6.07, 6.45) is 0. The van der Waals surface area contributed by atoms with Gasteiger partial charge in [-0.25, -0.2) is 4.79 Å². The van der Waals surface area contributed by atoms with Gasteiger partial charge in [0.05, 0.1) is 12.6 Å². The van der Waals surface area contributed by atoms with Gasteiger partial charge in [-0.1, -0.05) is 50.6 Å². The molecular weight excluding hydrogens is 266 g/mol. The lowest BCUT2D eigenvalue weighted by atomic mass is 9.82. The predicted molar refractivity (Wildman–Crippen MR) is 84.0 cm³/mol. The zero-order chi connectivity index (χ0) is 16.0.